The second-order valence-corrected chi connectivity index (χ2v) is 3.26. The molecule has 0 aliphatic heterocycles. The maximum atomic E-state index is 10.7. The van der Waals surface area contributed by atoms with E-state index < -0.39 is 4.92 Å². The molecule has 14 heavy (non-hydrogen) atoms. The Kier molecular flexibility index (Phi) is 3.85. The summed E-state index contributed by atoms with van der Waals surface area (Å²) < 4.78 is 0. The largest absolute Gasteiger partial charge is 0.319 e. The molecule has 0 atom stereocenters. The molecular formula is C9H11ClN2O2. The minimum atomic E-state index is -0.406. The van der Waals surface area contributed by atoms with Gasteiger partial charge in [-0.3, -0.25) is 10.1 Å². The van der Waals surface area contributed by atoms with Gasteiger partial charge in [-0.25, -0.2) is 0 Å². The summed E-state index contributed by atoms with van der Waals surface area (Å²) >= 11 is 5.88. The highest BCUT2D eigenvalue weighted by molar-refractivity contribution is 6.31. The second kappa shape index (κ2) is 4.93. The molecule has 1 rings (SSSR count). The van der Waals surface area contributed by atoms with E-state index in [0.717, 1.165) is 0 Å². The molecule has 1 N–H and O–H groups in total. The Bertz CT molecular complexity index is 342. The summed E-state index contributed by atoms with van der Waals surface area (Å²) in [5.41, 5.74) is 0.682. The highest BCUT2D eigenvalue weighted by atomic mass is 35.5. The molecule has 0 heterocycles. The average Bonchev–Trinajstić information content (AvgIpc) is 2.15. The smallest absolute Gasteiger partial charge is 0.274 e. The topological polar surface area (TPSA) is 55.2 Å². The van der Waals surface area contributed by atoms with E-state index in [4.69, 9.17) is 11.6 Å². The van der Waals surface area contributed by atoms with Crippen LogP contribution < -0.4 is 5.32 Å². The van der Waals surface area contributed by atoms with E-state index in [1.807, 2.05) is 0 Å². The fraction of sp³-hybridized carbons (Fsp3) is 0.333. The number of hydrogen-bond acceptors (Lipinski definition) is 3. The van der Waals surface area contributed by atoms with Crippen LogP contribution in [0.1, 0.15) is 5.56 Å². The van der Waals surface area contributed by atoms with E-state index in [1.54, 1.807) is 19.2 Å². The molecule has 4 nitrogen and oxygen atoms in total. The van der Waals surface area contributed by atoms with Gasteiger partial charge in [0.2, 0.25) is 0 Å². The summed E-state index contributed by atoms with van der Waals surface area (Å²) in [6.45, 7) is 0.671. The summed E-state index contributed by atoms with van der Waals surface area (Å²) in [5, 5.41) is 14.0. The molecule has 0 aliphatic rings. The Morgan fingerprint density at radius 2 is 2.29 bits per heavy atom. The van der Waals surface area contributed by atoms with Crippen LogP contribution in [0.2, 0.25) is 5.02 Å². The van der Waals surface area contributed by atoms with Crippen LogP contribution in [0.25, 0.3) is 0 Å². The average molecular weight is 215 g/mol. The Balaban J connectivity index is 3.02. The minimum absolute atomic E-state index is 0.0905. The predicted octanol–water partition coefficient (Wildman–Crippen LogP) is 2.01. The van der Waals surface area contributed by atoms with Gasteiger partial charge in [0.15, 0.2) is 0 Å². The number of halogens is 1. The number of hydrogen-bond donors (Lipinski definition) is 1. The number of rotatable bonds is 4. The molecule has 0 aromatic heterocycles. The summed E-state index contributed by atoms with van der Waals surface area (Å²) in [6, 6.07) is 4.72. The van der Waals surface area contributed by atoms with E-state index in [9.17, 15) is 10.1 Å². The van der Waals surface area contributed by atoms with Gasteiger partial charge in [0.1, 0.15) is 0 Å². The fourth-order valence-corrected chi connectivity index (χ4v) is 1.48. The number of nitro benzene ring substituents is 1. The van der Waals surface area contributed by atoms with E-state index in [2.05, 4.69) is 5.32 Å². The lowest BCUT2D eigenvalue weighted by molar-refractivity contribution is -0.385. The molecule has 0 radical (unpaired) electrons. The van der Waals surface area contributed by atoms with Gasteiger partial charge in [-0.15, -0.1) is 0 Å². The van der Waals surface area contributed by atoms with Crippen molar-refractivity contribution in [2.45, 2.75) is 6.42 Å². The molecule has 1 aromatic rings. The van der Waals surface area contributed by atoms with Crippen molar-refractivity contribution >= 4 is 17.3 Å². The standard InChI is InChI=1S/C9H11ClN2O2/c1-11-6-5-7-8(10)3-2-4-9(7)12(13)14/h2-4,11H,5-6H2,1H3. The van der Waals surface area contributed by atoms with Crippen LogP contribution in [0.5, 0.6) is 0 Å². The van der Waals surface area contributed by atoms with Gasteiger partial charge < -0.3 is 5.32 Å². The normalized spacial score (nSPS) is 10.1. The zero-order valence-corrected chi connectivity index (χ0v) is 8.54. The van der Waals surface area contributed by atoms with Crippen LogP contribution in [-0.2, 0) is 6.42 Å². The van der Waals surface area contributed by atoms with E-state index in [0.29, 0.717) is 23.6 Å². The van der Waals surface area contributed by atoms with Crippen LogP contribution in [-0.4, -0.2) is 18.5 Å². The second-order valence-electron chi connectivity index (χ2n) is 2.85. The summed E-state index contributed by atoms with van der Waals surface area (Å²) in [4.78, 5) is 10.3. The van der Waals surface area contributed by atoms with E-state index >= 15 is 0 Å². The van der Waals surface area contributed by atoms with Crippen molar-refractivity contribution < 1.29 is 4.92 Å². The van der Waals surface area contributed by atoms with Crippen LogP contribution in [0, 0.1) is 10.1 Å². The lowest BCUT2D eigenvalue weighted by Gasteiger charge is -2.04. The van der Waals surface area contributed by atoms with Gasteiger partial charge in [0, 0.05) is 11.6 Å². The number of nitrogens with zero attached hydrogens (tertiary/aromatic N) is 1. The van der Waals surface area contributed by atoms with Gasteiger partial charge in [-0.05, 0) is 26.1 Å². The van der Waals surface area contributed by atoms with Crippen molar-refractivity contribution in [3.8, 4) is 0 Å². The molecule has 0 saturated heterocycles. The first kappa shape index (κ1) is 10.9. The molecule has 0 saturated carbocycles. The van der Waals surface area contributed by atoms with Gasteiger partial charge in [0.05, 0.1) is 9.95 Å². The van der Waals surface area contributed by atoms with Crippen molar-refractivity contribution in [2.24, 2.45) is 0 Å². The molecule has 5 heteroatoms. The Hall–Kier alpha value is -1.13. The molecule has 76 valence electrons. The van der Waals surface area contributed by atoms with Crippen LogP contribution in [0.15, 0.2) is 18.2 Å². The Labute approximate surface area is 87.0 Å². The summed E-state index contributed by atoms with van der Waals surface area (Å²) in [6.07, 6.45) is 0.562. The number of nitro groups is 1. The number of nitrogens with one attached hydrogen (secondary N) is 1. The quantitative estimate of drug-likeness (QED) is 0.616. The van der Waals surface area contributed by atoms with Crippen molar-refractivity contribution in [3.05, 3.63) is 38.9 Å². The third-order valence-corrected chi connectivity index (χ3v) is 2.27. The predicted molar refractivity (Wildman–Crippen MR) is 55.7 cm³/mol. The van der Waals surface area contributed by atoms with Crippen molar-refractivity contribution in [2.75, 3.05) is 13.6 Å². The molecular weight excluding hydrogens is 204 g/mol. The number of likely N-dealkylation sites (N-methyl/N-ethyl adjacent to an activating group) is 1. The highest BCUT2D eigenvalue weighted by Gasteiger charge is 2.15. The van der Waals surface area contributed by atoms with Crippen molar-refractivity contribution in [1.82, 2.24) is 5.32 Å². The van der Waals surface area contributed by atoms with Crippen molar-refractivity contribution in [3.63, 3.8) is 0 Å². The Morgan fingerprint density at radius 1 is 1.57 bits per heavy atom. The molecule has 0 unspecified atom stereocenters. The zero-order chi connectivity index (χ0) is 10.6. The zero-order valence-electron chi connectivity index (χ0n) is 7.79. The molecule has 1 aromatic carbocycles. The molecule has 0 bridgehead atoms. The first-order chi connectivity index (χ1) is 6.66. The SMILES string of the molecule is CNCCc1c(Cl)cccc1[N+](=O)[O-]. The third kappa shape index (κ3) is 2.43. The van der Waals surface area contributed by atoms with Crippen molar-refractivity contribution in [1.29, 1.82) is 0 Å². The summed E-state index contributed by atoms with van der Waals surface area (Å²) in [7, 11) is 1.79. The third-order valence-electron chi connectivity index (χ3n) is 1.92. The number of benzene rings is 1. The first-order valence-electron chi connectivity index (χ1n) is 4.23. The Morgan fingerprint density at radius 3 is 2.86 bits per heavy atom. The molecule has 0 amide bonds. The monoisotopic (exact) mass is 214 g/mol. The molecule has 0 aliphatic carbocycles. The van der Waals surface area contributed by atoms with E-state index in [1.165, 1.54) is 6.07 Å². The molecule has 0 spiro atoms. The van der Waals surface area contributed by atoms with Gasteiger partial charge in [0.25, 0.3) is 5.69 Å². The van der Waals surface area contributed by atoms with E-state index in [-0.39, 0.29) is 5.69 Å². The summed E-state index contributed by atoms with van der Waals surface area (Å²) in [5.74, 6) is 0. The van der Waals surface area contributed by atoms with Gasteiger partial charge in [-0.1, -0.05) is 17.7 Å². The molecule has 0 fully saturated rings. The fourth-order valence-electron chi connectivity index (χ4n) is 1.22. The minimum Gasteiger partial charge on any atom is -0.319 e. The highest BCUT2D eigenvalue weighted by Crippen LogP contribution is 2.26. The maximum Gasteiger partial charge on any atom is 0.274 e. The van der Waals surface area contributed by atoms with Crippen LogP contribution in [0.3, 0.4) is 0 Å². The van der Waals surface area contributed by atoms with Crippen LogP contribution in [0.4, 0.5) is 5.69 Å². The maximum absolute atomic E-state index is 10.7. The van der Waals surface area contributed by atoms with Gasteiger partial charge >= 0.3 is 0 Å². The van der Waals surface area contributed by atoms with Crippen LogP contribution >= 0.6 is 11.6 Å². The first-order valence-corrected chi connectivity index (χ1v) is 4.61. The lowest BCUT2D eigenvalue weighted by Crippen LogP contribution is -2.11. The lowest BCUT2D eigenvalue weighted by atomic mass is 10.1. The van der Waals surface area contributed by atoms with Gasteiger partial charge in [-0.2, -0.15) is 0 Å².